The summed E-state index contributed by atoms with van der Waals surface area (Å²) in [5.41, 5.74) is 3.69. The van der Waals surface area contributed by atoms with E-state index in [4.69, 9.17) is 0 Å². The molecule has 0 bridgehead atoms. The van der Waals surface area contributed by atoms with Crippen molar-refractivity contribution >= 4 is 11.4 Å². The molecule has 0 saturated heterocycles. The molecule has 0 aliphatic heterocycles. The van der Waals surface area contributed by atoms with Crippen LogP contribution in [0.5, 0.6) is 0 Å². The lowest BCUT2D eigenvalue weighted by Crippen LogP contribution is -1.97. The van der Waals surface area contributed by atoms with Gasteiger partial charge in [0.25, 0.3) is 0 Å². The largest absolute Gasteiger partial charge is 0.295 e. The third-order valence-corrected chi connectivity index (χ3v) is 4.11. The first kappa shape index (κ1) is 14.0. The standard InChI is InChI=1S/C18H24O/c1-14(13-15(2)19)16-9-11-18(12-10-16)17-7-5-3-4-6-8-17/h9-13,17H,3-8H2,1-2H3/b14-13-. The smallest absolute Gasteiger partial charge is 0.152 e. The van der Waals surface area contributed by atoms with Gasteiger partial charge in [-0.2, -0.15) is 0 Å². The molecule has 0 heterocycles. The number of ketones is 1. The summed E-state index contributed by atoms with van der Waals surface area (Å²) in [5.74, 6) is 0.860. The van der Waals surface area contributed by atoms with Crippen LogP contribution >= 0.6 is 0 Å². The number of carbonyl (C=O) groups is 1. The molecule has 2 rings (SSSR count). The zero-order chi connectivity index (χ0) is 13.7. The van der Waals surface area contributed by atoms with Crippen LogP contribution in [-0.4, -0.2) is 5.78 Å². The van der Waals surface area contributed by atoms with Crippen molar-refractivity contribution < 1.29 is 4.79 Å². The Labute approximate surface area is 116 Å². The first-order chi connectivity index (χ1) is 9.16. The van der Waals surface area contributed by atoms with Crippen LogP contribution in [0.2, 0.25) is 0 Å². The number of hydrogen-bond donors (Lipinski definition) is 0. The molecule has 1 aliphatic carbocycles. The van der Waals surface area contributed by atoms with Gasteiger partial charge in [-0.15, -0.1) is 0 Å². The third-order valence-electron chi connectivity index (χ3n) is 4.11. The maximum atomic E-state index is 11.1. The number of rotatable bonds is 3. The van der Waals surface area contributed by atoms with Crippen molar-refractivity contribution in [1.82, 2.24) is 0 Å². The molecule has 0 unspecified atom stereocenters. The second-order valence-electron chi connectivity index (χ2n) is 5.75. The number of hydrogen-bond acceptors (Lipinski definition) is 1. The van der Waals surface area contributed by atoms with E-state index in [9.17, 15) is 4.79 Å². The number of carbonyl (C=O) groups excluding carboxylic acids is 1. The molecular formula is C18H24O. The Morgan fingerprint density at radius 1 is 1.00 bits per heavy atom. The van der Waals surface area contributed by atoms with Gasteiger partial charge in [0.2, 0.25) is 0 Å². The van der Waals surface area contributed by atoms with E-state index in [1.807, 2.05) is 6.92 Å². The molecule has 0 radical (unpaired) electrons. The number of allylic oxidation sites excluding steroid dienone is 2. The van der Waals surface area contributed by atoms with Crippen LogP contribution in [0.3, 0.4) is 0 Å². The second kappa shape index (κ2) is 6.70. The van der Waals surface area contributed by atoms with Crippen molar-refractivity contribution in [2.24, 2.45) is 0 Å². The van der Waals surface area contributed by atoms with Gasteiger partial charge in [0.05, 0.1) is 0 Å². The summed E-state index contributed by atoms with van der Waals surface area (Å²) in [4.78, 5) is 11.1. The highest BCUT2D eigenvalue weighted by Crippen LogP contribution is 2.32. The van der Waals surface area contributed by atoms with Crippen LogP contribution in [0.1, 0.15) is 69.4 Å². The molecule has 1 aliphatic rings. The number of benzene rings is 1. The molecule has 0 N–H and O–H groups in total. The van der Waals surface area contributed by atoms with Gasteiger partial charge >= 0.3 is 0 Å². The molecule has 1 heteroatoms. The molecule has 102 valence electrons. The van der Waals surface area contributed by atoms with Crippen molar-refractivity contribution in [3.05, 3.63) is 41.5 Å². The van der Waals surface area contributed by atoms with E-state index >= 15 is 0 Å². The zero-order valence-corrected chi connectivity index (χ0v) is 12.1. The van der Waals surface area contributed by atoms with E-state index in [0.29, 0.717) is 0 Å². The average molecular weight is 256 g/mol. The van der Waals surface area contributed by atoms with Crippen LogP contribution in [-0.2, 0) is 4.79 Å². The SMILES string of the molecule is CC(=O)/C=C(/C)c1ccc(C2CCCCCC2)cc1. The predicted molar refractivity (Wildman–Crippen MR) is 81.2 cm³/mol. The molecule has 1 saturated carbocycles. The van der Waals surface area contributed by atoms with Crippen molar-refractivity contribution in [3.8, 4) is 0 Å². The van der Waals surface area contributed by atoms with Gasteiger partial charge < -0.3 is 0 Å². The highest BCUT2D eigenvalue weighted by Gasteiger charge is 2.14. The van der Waals surface area contributed by atoms with Gasteiger partial charge in [0, 0.05) is 0 Å². The van der Waals surface area contributed by atoms with Gasteiger partial charge in [0.1, 0.15) is 0 Å². The quantitative estimate of drug-likeness (QED) is 0.542. The Bertz CT molecular complexity index is 445. The molecular weight excluding hydrogens is 232 g/mol. The van der Waals surface area contributed by atoms with E-state index in [2.05, 4.69) is 24.3 Å². The molecule has 0 spiro atoms. The predicted octanol–water partition coefficient (Wildman–Crippen LogP) is 5.12. The van der Waals surface area contributed by atoms with Crippen LogP contribution in [0.4, 0.5) is 0 Å². The average Bonchev–Trinajstić information content (AvgIpc) is 2.67. The summed E-state index contributed by atoms with van der Waals surface area (Å²) in [7, 11) is 0. The van der Waals surface area contributed by atoms with E-state index < -0.39 is 0 Å². The Balaban J connectivity index is 2.11. The summed E-state index contributed by atoms with van der Waals surface area (Å²) in [6.07, 6.45) is 9.92. The van der Waals surface area contributed by atoms with Gasteiger partial charge in [0.15, 0.2) is 5.78 Å². The summed E-state index contributed by atoms with van der Waals surface area (Å²) in [6.45, 7) is 3.60. The fraction of sp³-hybridized carbons (Fsp3) is 0.500. The van der Waals surface area contributed by atoms with Gasteiger partial charge in [-0.25, -0.2) is 0 Å². The van der Waals surface area contributed by atoms with Gasteiger partial charge in [-0.1, -0.05) is 49.9 Å². The highest BCUT2D eigenvalue weighted by molar-refractivity contribution is 5.94. The van der Waals surface area contributed by atoms with Crippen molar-refractivity contribution in [2.45, 2.75) is 58.3 Å². The molecule has 19 heavy (non-hydrogen) atoms. The maximum Gasteiger partial charge on any atom is 0.152 e. The minimum Gasteiger partial charge on any atom is -0.295 e. The lowest BCUT2D eigenvalue weighted by Gasteiger charge is -2.15. The topological polar surface area (TPSA) is 17.1 Å². The summed E-state index contributed by atoms with van der Waals surface area (Å²) >= 11 is 0. The fourth-order valence-corrected chi connectivity index (χ4v) is 3.02. The monoisotopic (exact) mass is 256 g/mol. The Morgan fingerprint density at radius 2 is 1.58 bits per heavy atom. The van der Waals surface area contributed by atoms with Crippen LogP contribution in [0.15, 0.2) is 30.3 Å². The van der Waals surface area contributed by atoms with Gasteiger partial charge in [-0.05, 0) is 55.4 Å². The van der Waals surface area contributed by atoms with Crippen LogP contribution in [0.25, 0.3) is 5.57 Å². The molecule has 0 aromatic heterocycles. The molecule has 1 fully saturated rings. The Morgan fingerprint density at radius 3 is 2.11 bits per heavy atom. The molecule has 1 nitrogen and oxygen atoms in total. The second-order valence-corrected chi connectivity index (χ2v) is 5.75. The van der Waals surface area contributed by atoms with E-state index in [1.165, 1.54) is 44.1 Å². The minimum atomic E-state index is 0.116. The summed E-state index contributed by atoms with van der Waals surface area (Å²) in [5, 5.41) is 0. The lowest BCUT2D eigenvalue weighted by molar-refractivity contribution is -0.112. The van der Waals surface area contributed by atoms with Crippen molar-refractivity contribution in [1.29, 1.82) is 0 Å². The first-order valence-corrected chi connectivity index (χ1v) is 7.46. The van der Waals surface area contributed by atoms with E-state index in [0.717, 1.165) is 17.1 Å². The molecule has 0 amide bonds. The zero-order valence-electron chi connectivity index (χ0n) is 12.1. The van der Waals surface area contributed by atoms with Crippen molar-refractivity contribution in [2.75, 3.05) is 0 Å². The highest BCUT2D eigenvalue weighted by atomic mass is 16.1. The Kier molecular flexibility index (Phi) is 4.95. The lowest BCUT2D eigenvalue weighted by atomic mass is 9.90. The van der Waals surface area contributed by atoms with E-state index in [-0.39, 0.29) is 5.78 Å². The third kappa shape index (κ3) is 4.05. The van der Waals surface area contributed by atoms with Crippen molar-refractivity contribution in [3.63, 3.8) is 0 Å². The summed E-state index contributed by atoms with van der Waals surface area (Å²) < 4.78 is 0. The first-order valence-electron chi connectivity index (χ1n) is 7.46. The molecule has 1 aromatic rings. The minimum absolute atomic E-state index is 0.116. The fourth-order valence-electron chi connectivity index (χ4n) is 3.02. The van der Waals surface area contributed by atoms with E-state index in [1.54, 1.807) is 13.0 Å². The van der Waals surface area contributed by atoms with Crippen LogP contribution < -0.4 is 0 Å². The van der Waals surface area contributed by atoms with Gasteiger partial charge in [-0.3, -0.25) is 4.79 Å². The normalized spacial score (nSPS) is 18.1. The molecule has 1 aromatic carbocycles. The van der Waals surface area contributed by atoms with Crippen LogP contribution in [0, 0.1) is 0 Å². The summed E-state index contributed by atoms with van der Waals surface area (Å²) in [6, 6.07) is 8.83. The maximum absolute atomic E-state index is 11.1. The Hall–Kier alpha value is -1.37. The molecule has 0 atom stereocenters.